The second kappa shape index (κ2) is 5.45. The van der Waals surface area contributed by atoms with Crippen molar-refractivity contribution in [2.75, 3.05) is 0 Å². The smallest absolute Gasteiger partial charge is 0.326 e. The van der Waals surface area contributed by atoms with Gasteiger partial charge in [0.05, 0.1) is 5.97 Å². The number of imide groups is 1. The van der Waals surface area contributed by atoms with E-state index in [1.54, 1.807) is 18.2 Å². The molecule has 0 radical (unpaired) electrons. The van der Waals surface area contributed by atoms with Gasteiger partial charge >= 0.3 is 6.03 Å². The summed E-state index contributed by atoms with van der Waals surface area (Å²) in [5.41, 5.74) is 1.56. The van der Waals surface area contributed by atoms with E-state index in [1.807, 2.05) is 6.92 Å². The Bertz CT molecular complexity index is 863. The Balaban J connectivity index is 1.95. The van der Waals surface area contributed by atoms with Gasteiger partial charge in [0, 0.05) is 11.6 Å². The van der Waals surface area contributed by atoms with Crippen molar-refractivity contribution in [2.45, 2.75) is 6.92 Å². The summed E-state index contributed by atoms with van der Waals surface area (Å²) in [6.07, 6.45) is 1.39. The number of amides is 3. The number of carboxylic acid groups (broad SMARTS) is 1. The normalized spacial score (nSPS) is 15.6. The molecule has 0 bridgehead atoms. The van der Waals surface area contributed by atoms with Gasteiger partial charge in [0.25, 0.3) is 5.91 Å². The van der Waals surface area contributed by atoms with Gasteiger partial charge in [0.1, 0.15) is 17.2 Å². The average molecular weight is 311 g/mol. The molecular weight excluding hydrogens is 300 g/mol. The fraction of sp³-hybridized carbons (Fsp3) is 0.0625. The largest absolute Gasteiger partial charge is 0.545 e. The van der Waals surface area contributed by atoms with Crippen LogP contribution in [-0.2, 0) is 4.79 Å². The number of carboxylic acids is 1. The van der Waals surface area contributed by atoms with Crippen molar-refractivity contribution < 1.29 is 23.9 Å². The quantitative estimate of drug-likeness (QED) is 0.643. The Morgan fingerprint density at radius 2 is 1.96 bits per heavy atom. The van der Waals surface area contributed by atoms with E-state index in [9.17, 15) is 19.5 Å². The first kappa shape index (κ1) is 14.6. The van der Waals surface area contributed by atoms with Gasteiger partial charge in [-0.2, -0.15) is 0 Å². The highest BCUT2D eigenvalue weighted by Gasteiger charge is 2.23. The van der Waals surface area contributed by atoms with Crippen LogP contribution in [0.25, 0.3) is 17.4 Å². The number of hydrogen-bond acceptors (Lipinski definition) is 5. The van der Waals surface area contributed by atoms with Crippen LogP contribution in [0.4, 0.5) is 4.79 Å². The van der Waals surface area contributed by atoms with Gasteiger partial charge in [0.2, 0.25) is 0 Å². The highest BCUT2D eigenvalue weighted by molar-refractivity contribution is 6.13. The molecule has 0 spiro atoms. The molecule has 116 valence electrons. The summed E-state index contributed by atoms with van der Waals surface area (Å²) < 4.78 is 5.61. The molecule has 1 aliphatic rings. The Labute approximate surface area is 130 Å². The van der Waals surface area contributed by atoms with Crippen LogP contribution in [0.5, 0.6) is 0 Å². The summed E-state index contributed by atoms with van der Waals surface area (Å²) in [5, 5.41) is 15.4. The minimum Gasteiger partial charge on any atom is -0.545 e. The van der Waals surface area contributed by atoms with Crippen molar-refractivity contribution in [3.05, 3.63) is 52.9 Å². The Kier molecular flexibility index (Phi) is 3.46. The fourth-order valence-corrected chi connectivity index (χ4v) is 2.21. The van der Waals surface area contributed by atoms with E-state index in [1.165, 1.54) is 18.2 Å². The van der Waals surface area contributed by atoms with Crippen LogP contribution in [0.1, 0.15) is 21.7 Å². The minimum absolute atomic E-state index is 0.0457. The highest BCUT2D eigenvalue weighted by atomic mass is 16.4. The molecule has 23 heavy (non-hydrogen) atoms. The first-order chi connectivity index (χ1) is 10.9. The van der Waals surface area contributed by atoms with Crippen molar-refractivity contribution in [3.63, 3.8) is 0 Å². The molecule has 1 aromatic carbocycles. The molecule has 2 aromatic rings. The van der Waals surface area contributed by atoms with E-state index < -0.39 is 17.9 Å². The summed E-state index contributed by atoms with van der Waals surface area (Å²) in [4.78, 5) is 33.5. The van der Waals surface area contributed by atoms with Crippen LogP contribution in [0, 0.1) is 6.92 Å². The van der Waals surface area contributed by atoms with Crippen LogP contribution in [0.3, 0.4) is 0 Å². The number of benzene rings is 1. The Morgan fingerprint density at radius 1 is 1.17 bits per heavy atom. The zero-order valence-electron chi connectivity index (χ0n) is 12.0. The molecule has 3 amide bonds. The van der Waals surface area contributed by atoms with Crippen LogP contribution < -0.4 is 15.7 Å². The zero-order valence-corrected chi connectivity index (χ0v) is 12.0. The van der Waals surface area contributed by atoms with Crippen LogP contribution in [0.15, 0.2) is 40.4 Å². The molecular formula is C16H11N2O5-. The van der Waals surface area contributed by atoms with Crippen LogP contribution >= 0.6 is 0 Å². The lowest BCUT2D eigenvalue weighted by molar-refractivity contribution is -0.255. The summed E-state index contributed by atoms with van der Waals surface area (Å²) in [6, 6.07) is 7.26. The second-order valence-corrected chi connectivity index (χ2v) is 4.99. The van der Waals surface area contributed by atoms with E-state index >= 15 is 0 Å². The molecule has 7 heteroatoms. The van der Waals surface area contributed by atoms with Gasteiger partial charge in [-0.25, -0.2) is 4.79 Å². The van der Waals surface area contributed by atoms with E-state index in [4.69, 9.17) is 4.42 Å². The third kappa shape index (κ3) is 2.84. The molecule has 2 N–H and O–H groups in total. The topological polar surface area (TPSA) is 111 Å². The molecule has 1 aliphatic heterocycles. The molecule has 1 fully saturated rings. The third-order valence-corrected chi connectivity index (χ3v) is 3.37. The Hall–Kier alpha value is -3.35. The first-order valence-corrected chi connectivity index (χ1v) is 6.70. The Morgan fingerprint density at radius 3 is 2.61 bits per heavy atom. The highest BCUT2D eigenvalue weighted by Crippen LogP contribution is 2.27. The summed E-state index contributed by atoms with van der Waals surface area (Å²) >= 11 is 0. The summed E-state index contributed by atoms with van der Waals surface area (Å²) in [6.45, 7) is 1.82. The van der Waals surface area contributed by atoms with E-state index in [0.29, 0.717) is 17.1 Å². The fourth-order valence-electron chi connectivity index (χ4n) is 2.21. The lowest BCUT2D eigenvalue weighted by Crippen LogP contribution is -2.22. The number of carbonyl (C=O) groups excluding carboxylic acids is 3. The van der Waals surface area contributed by atoms with Gasteiger partial charge < -0.3 is 19.6 Å². The van der Waals surface area contributed by atoms with Gasteiger partial charge in [-0.1, -0.05) is 12.1 Å². The maximum atomic E-state index is 11.5. The predicted molar refractivity (Wildman–Crippen MR) is 77.9 cm³/mol. The summed E-state index contributed by atoms with van der Waals surface area (Å²) in [5.74, 6) is -1.01. The first-order valence-electron chi connectivity index (χ1n) is 6.70. The molecule has 0 aliphatic carbocycles. The van der Waals surface area contributed by atoms with Crippen LogP contribution in [0.2, 0.25) is 0 Å². The maximum Gasteiger partial charge on any atom is 0.326 e. The van der Waals surface area contributed by atoms with Crippen molar-refractivity contribution >= 4 is 24.0 Å². The molecule has 3 rings (SSSR count). The van der Waals surface area contributed by atoms with Crippen LogP contribution in [-0.4, -0.2) is 17.9 Å². The summed E-state index contributed by atoms with van der Waals surface area (Å²) in [7, 11) is 0. The lowest BCUT2D eigenvalue weighted by atomic mass is 10.0. The number of rotatable bonds is 3. The number of nitrogens with one attached hydrogen (secondary N) is 2. The maximum absolute atomic E-state index is 11.5. The number of hydrogen-bond donors (Lipinski definition) is 2. The van der Waals surface area contributed by atoms with Crippen molar-refractivity contribution in [3.8, 4) is 11.3 Å². The number of furan rings is 1. The third-order valence-electron chi connectivity index (χ3n) is 3.37. The number of carbonyl (C=O) groups is 3. The molecule has 0 unspecified atom stereocenters. The number of aromatic carboxylic acids is 1. The van der Waals surface area contributed by atoms with Crippen molar-refractivity contribution in [1.29, 1.82) is 0 Å². The minimum atomic E-state index is -1.27. The number of aryl methyl sites for hydroxylation is 1. The SMILES string of the molecule is Cc1ccc(C(=O)[O-])cc1-c1ccc(/C=C2/NC(=O)NC2=O)o1. The average Bonchev–Trinajstić information content (AvgIpc) is 3.06. The monoisotopic (exact) mass is 311 g/mol. The molecule has 0 saturated carbocycles. The second-order valence-electron chi connectivity index (χ2n) is 4.99. The van der Waals surface area contributed by atoms with E-state index in [2.05, 4.69) is 10.6 Å². The number of urea groups is 1. The van der Waals surface area contributed by atoms with Crippen molar-refractivity contribution in [2.24, 2.45) is 0 Å². The van der Waals surface area contributed by atoms with E-state index in [-0.39, 0.29) is 11.3 Å². The van der Waals surface area contributed by atoms with E-state index in [0.717, 1.165) is 5.56 Å². The molecule has 2 heterocycles. The molecule has 0 atom stereocenters. The van der Waals surface area contributed by atoms with Crippen molar-refractivity contribution in [1.82, 2.24) is 10.6 Å². The lowest BCUT2D eigenvalue weighted by Gasteiger charge is -2.07. The zero-order chi connectivity index (χ0) is 16.6. The van der Waals surface area contributed by atoms with Gasteiger partial charge in [-0.15, -0.1) is 0 Å². The standard InChI is InChI=1S/C16H12N2O5/c1-8-2-3-9(15(20)21)6-11(8)13-5-4-10(23-13)7-12-14(19)18-16(22)17-12/h2-7H,1H3,(H,20,21)(H2,17,18,19,22)/p-1/b12-7+. The van der Waals surface area contributed by atoms with Gasteiger partial charge in [-0.3, -0.25) is 10.1 Å². The molecule has 1 saturated heterocycles. The van der Waals surface area contributed by atoms with Gasteiger partial charge in [-0.05, 0) is 36.2 Å². The molecule has 1 aromatic heterocycles. The van der Waals surface area contributed by atoms with Gasteiger partial charge in [0.15, 0.2) is 0 Å². The predicted octanol–water partition coefficient (Wildman–Crippen LogP) is 0.799. The molecule has 7 nitrogen and oxygen atoms in total.